The molecule has 1 fully saturated rings. The maximum atomic E-state index is 6.17. The highest BCUT2D eigenvalue weighted by Crippen LogP contribution is 2.35. The fourth-order valence-electron chi connectivity index (χ4n) is 3.43. The van der Waals surface area contributed by atoms with E-state index >= 15 is 0 Å². The van der Waals surface area contributed by atoms with Gasteiger partial charge in [-0.3, -0.25) is 11.3 Å². The van der Waals surface area contributed by atoms with E-state index in [1.165, 1.54) is 19.3 Å². The summed E-state index contributed by atoms with van der Waals surface area (Å²) in [6.07, 6.45) is 10.6. The first kappa shape index (κ1) is 15.5. The molecule has 1 aliphatic carbocycles. The highest BCUT2D eigenvalue weighted by atomic mass is 16.5. The zero-order valence-electron chi connectivity index (χ0n) is 12.8. The number of nitrogens with zero attached hydrogens (tertiary/aromatic N) is 2. The molecular weight excluding hydrogens is 252 g/mol. The van der Waals surface area contributed by atoms with Gasteiger partial charge in [0, 0.05) is 32.0 Å². The number of nitrogens with one attached hydrogen (secondary N) is 1. The number of ether oxygens (including phenoxy) is 1. The third kappa shape index (κ3) is 3.22. The van der Waals surface area contributed by atoms with Crippen LogP contribution in [-0.4, -0.2) is 27.8 Å². The van der Waals surface area contributed by atoms with Gasteiger partial charge in [-0.2, -0.15) is 0 Å². The van der Waals surface area contributed by atoms with E-state index in [-0.39, 0.29) is 11.6 Å². The van der Waals surface area contributed by atoms with Crippen molar-refractivity contribution in [3.8, 4) is 0 Å². The number of rotatable bonds is 7. The molecule has 0 aliphatic heterocycles. The molecule has 0 bridgehead atoms. The Morgan fingerprint density at radius 2 is 2.15 bits per heavy atom. The van der Waals surface area contributed by atoms with Gasteiger partial charge in [0.05, 0.1) is 11.6 Å². The van der Waals surface area contributed by atoms with Crippen molar-refractivity contribution < 1.29 is 4.74 Å². The molecule has 1 heterocycles. The van der Waals surface area contributed by atoms with Gasteiger partial charge in [0.25, 0.3) is 0 Å². The number of aryl methyl sites for hydroxylation is 1. The molecule has 1 aromatic heterocycles. The summed E-state index contributed by atoms with van der Waals surface area (Å²) in [5, 5.41) is 0. The van der Waals surface area contributed by atoms with E-state index in [4.69, 9.17) is 10.6 Å². The van der Waals surface area contributed by atoms with Gasteiger partial charge < -0.3 is 9.30 Å². The van der Waals surface area contributed by atoms with Crippen LogP contribution in [0.3, 0.4) is 0 Å². The molecule has 2 rings (SSSR count). The maximum Gasteiger partial charge on any atom is 0.110 e. The molecular formula is C15H28N4O. The second-order valence-corrected chi connectivity index (χ2v) is 5.61. The lowest BCUT2D eigenvalue weighted by Gasteiger charge is -2.43. The molecule has 3 N–H and O–H groups in total. The van der Waals surface area contributed by atoms with Gasteiger partial charge in [-0.05, 0) is 26.7 Å². The molecule has 0 spiro atoms. The third-order valence-electron chi connectivity index (χ3n) is 4.50. The van der Waals surface area contributed by atoms with Gasteiger partial charge in [0.15, 0.2) is 0 Å². The van der Waals surface area contributed by atoms with Gasteiger partial charge in [-0.15, -0.1) is 0 Å². The summed E-state index contributed by atoms with van der Waals surface area (Å²) in [7, 11) is 0. The van der Waals surface area contributed by atoms with Crippen LogP contribution in [0.1, 0.15) is 51.8 Å². The molecule has 5 heteroatoms. The zero-order chi connectivity index (χ0) is 14.4. The van der Waals surface area contributed by atoms with Crippen molar-refractivity contribution in [3.63, 3.8) is 0 Å². The summed E-state index contributed by atoms with van der Waals surface area (Å²) in [6.45, 7) is 5.88. The Morgan fingerprint density at radius 3 is 2.75 bits per heavy atom. The van der Waals surface area contributed by atoms with Gasteiger partial charge in [0.2, 0.25) is 0 Å². The van der Waals surface area contributed by atoms with Crippen molar-refractivity contribution in [1.82, 2.24) is 15.0 Å². The Balaban J connectivity index is 2.15. The van der Waals surface area contributed by atoms with Gasteiger partial charge in [-0.1, -0.05) is 19.3 Å². The molecule has 1 aliphatic rings. The predicted molar refractivity (Wildman–Crippen MR) is 80.2 cm³/mol. The summed E-state index contributed by atoms with van der Waals surface area (Å²) >= 11 is 0. The predicted octanol–water partition coefficient (Wildman–Crippen LogP) is 2.02. The third-order valence-corrected chi connectivity index (χ3v) is 4.50. The van der Waals surface area contributed by atoms with E-state index < -0.39 is 0 Å². The number of nitrogens with two attached hydrogens (primary N) is 1. The van der Waals surface area contributed by atoms with Crippen LogP contribution in [-0.2, 0) is 17.7 Å². The Bertz CT molecular complexity index is 393. The first-order valence-electron chi connectivity index (χ1n) is 7.86. The molecule has 0 amide bonds. The average molecular weight is 280 g/mol. The maximum absolute atomic E-state index is 6.17. The van der Waals surface area contributed by atoms with Crippen molar-refractivity contribution in [2.45, 2.75) is 70.6 Å². The summed E-state index contributed by atoms with van der Waals surface area (Å²) in [5.74, 6) is 6.94. The van der Waals surface area contributed by atoms with E-state index in [0.29, 0.717) is 0 Å². The molecule has 1 atom stereocenters. The molecule has 114 valence electrons. The Morgan fingerprint density at radius 1 is 1.40 bits per heavy atom. The first-order chi connectivity index (χ1) is 9.75. The average Bonchev–Trinajstić information content (AvgIpc) is 2.93. The van der Waals surface area contributed by atoms with E-state index in [9.17, 15) is 0 Å². The summed E-state index contributed by atoms with van der Waals surface area (Å²) in [4.78, 5) is 4.47. The van der Waals surface area contributed by atoms with Crippen LogP contribution in [0, 0.1) is 0 Å². The van der Waals surface area contributed by atoms with Crippen LogP contribution in [0.2, 0.25) is 0 Å². The smallest absolute Gasteiger partial charge is 0.110 e. The minimum Gasteiger partial charge on any atom is -0.374 e. The highest BCUT2D eigenvalue weighted by molar-refractivity contribution is 5.03. The standard InChI is InChI=1S/C15H28N4O/c1-3-19-11-10-17-14(19)12-13(18-16)15(20-4-2)8-6-5-7-9-15/h10-11,13,18H,3-9,12,16H2,1-2H3. The second-order valence-electron chi connectivity index (χ2n) is 5.61. The number of hydrazine groups is 1. The first-order valence-corrected chi connectivity index (χ1v) is 7.86. The largest absolute Gasteiger partial charge is 0.374 e. The fourth-order valence-corrected chi connectivity index (χ4v) is 3.43. The van der Waals surface area contributed by atoms with Crippen molar-refractivity contribution in [2.75, 3.05) is 6.61 Å². The van der Waals surface area contributed by atoms with Crippen LogP contribution in [0.25, 0.3) is 0 Å². The van der Waals surface area contributed by atoms with Crippen LogP contribution in [0.15, 0.2) is 12.4 Å². The summed E-state index contributed by atoms with van der Waals surface area (Å²) in [5.41, 5.74) is 2.88. The van der Waals surface area contributed by atoms with Crippen LogP contribution < -0.4 is 11.3 Å². The van der Waals surface area contributed by atoms with E-state index in [1.807, 2.05) is 12.4 Å². The van der Waals surface area contributed by atoms with E-state index in [1.54, 1.807) is 0 Å². The van der Waals surface area contributed by atoms with Crippen LogP contribution >= 0.6 is 0 Å². The van der Waals surface area contributed by atoms with Crippen LogP contribution in [0.4, 0.5) is 0 Å². The number of hydrogen-bond donors (Lipinski definition) is 2. The molecule has 0 radical (unpaired) electrons. The lowest BCUT2D eigenvalue weighted by Crippen LogP contribution is -2.57. The molecule has 5 nitrogen and oxygen atoms in total. The summed E-state index contributed by atoms with van der Waals surface area (Å²) < 4.78 is 8.34. The van der Waals surface area contributed by atoms with Gasteiger partial charge in [-0.25, -0.2) is 4.98 Å². The fraction of sp³-hybridized carbons (Fsp3) is 0.800. The van der Waals surface area contributed by atoms with Crippen LogP contribution in [0.5, 0.6) is 0 Å². The molecule has 1 aromatic rings. The lowest BCUT2D eigenvalue weighted by molar-refractivity contribution is -0.0903. The summed E-state index contributed by atoms with van der Waals surface area (Å²) in [6, 6.07) is 0.121. The SMILES string of the molecule is CCOC1(C(Cc2nccn2CC)NN)CCCCC1. The molecule has 1 saturated carbocycles. The number of aromatic nitrogens is 2. The van der Waals surface area contributed by atoms with Crippen molar-refractivity contribution >= 4 is 0 Å². The monoisotopic (exact) mass is 280 g/mol. The Kier molecular flexibility index (Phi) is 5.57. The molecule has 1 unspecified atom stereocenters. The number of imidazole rings is 1. The molecule has 0 saturated heterocycles. The van der Waals surface area contributed by atoms with E-state index in [0.717, 1.165) is 38.2 Å². The van der Waals surface area contributed by atoms with Crippen molar-refractivity contribution in [3.05, 3.63) is 18.2 Å². The van der Waals surface area contributed by atoms with E-state index in [2.05, 4.69) is 28.8 Å². The highest BCUT2D eigenvalue weighted by Gasteiger charge is 2.40. The quantitative estimate of drug-likeness (QED) is 0.592. The topological polar surface area (TPSA) is 65.1 Å². The van der Waals surface area contributed by atoms with Gasteiger partial charge >= 0.3 is 0 Å². The lowest BCUT2D eigenvalue weighted by atomic mass is 9.78. The minimum absolute atomic E-state index is 0.121. The van der Waals surface area contributed by atoms with Gasteiger partial charge in [0.1, 0.15) is 5.82 Å². The second kappa shape index (κ2) is 7.20. The molecule has 0 aromatic carbocycles. The molecule has 20 heavy (non-hydrogen) atoms. The van der Waals surface area contributed by atoms with Crippen molar-refractivity contribution in [2.24, 2.45) is 5.84 Å². The normalized spacial score (nSPS) is 19.9. The Labute approximate surface area is 121 Å². The Hall–Kier alpha value is -0.910. The minimum atomic E-state index is -0.133. The zero-order valence-corrected chi connectivity index (χ0v) is 12.8. The van der Waals surface area contributed by atoms with Crippen molar-refractivity contribution in [1.29, 1.82) is 0 Å². The number of hydrogen-bond acceptors (Lipinski definition) is 4.